The second-order valence-electron chi connectivity index (χ2n) is 7.66. The molecule has 1 aliphatic rings. The Hall–Kier alpha value is -2.14. The number of carbonyl (C=O) groups excluding carboxylic acids is 1. The van der Waals surface area contributed by atoms with E-state index in [2.05, 4.69) is 26.2 Å². The summed E-state index contributed by atoms with van der Waals surface area (Å²) in [5.74, 6) is -0.0401. The smallest absolute Gasteiger partial charge is 0.230 e. The standard InChI is InChI=1S/C23H23BrN2O5S2/c1-15-4-6-16(7-5-15)21-26-22(33(28,29)19-10-8-17(24)9-11-19)23(31-21)32-14-20(27)25-13-18-3-2-12-30-18/h4-11,18H,2-3,12-14H2,1H3,(H,25,27). The minimum Gasteiger partial charge on any atom is -0.428 e. The number of hydrogen-bond donors (Lipinski definition) is 1. The third kappa shape index (κ3) is 5.87. The molecular formula is C23H23BrN2O5S2. The molecule has 10 heteroatoms. The van der Waals surface area contributed by atoms with Gasteiger partial charge in [-0.25, -0.2) is 8.42 Å². The fourth-order valence-electron chi connectivity index (χ4n) is 3.31. The van der Waals surface area contributed by atoms with Crippen molar-refractivity contribution in [3.8, 4) is 11.5 Å². The molecule has 1 aliphatic heterocycles. The molecule has 3 aromatic rings. The van der Waals surface area contributed by atoms with E-state index in [0.29, 0.717) is 18.7 Å². The molecule has 7 nitrogen and oxygen atoms in total. The lowest BCUT2D eigenvalue weighted by Gasteiger charge is -2.10. The highest BCUT2D eigenvalue weighted by molar-refractivity contribution is 9.10. The molecule has 0 radical (unpaired) electrons. The molecule has 0 aliphatic carbocycles. The van der Waals surface area contributed by atoms with Crippen LogP contribution in [0.2, 0.25) is 0 Å². The van der Waals surface area contributed by atoms with E-state index in [0.717, 1.165) is 34.6 Å². The first kappa shape index (κ1) is 24.0. The number of rotatable bonds is 8. The van der Waals surface area contributed by atoms with Crippen LogP contribution in [0.4, 0.5) is 0 Å². The average Bonchev–Trinajstić information content (AvgIpc) is 3.47. The quantitative estimate of drug-likeness (QED) is 0.408. The van der Waals surface area contributed by atoms with Gasteiger partial charge in [0.25, 0.3) is 0 Å². The summed E-state index contributed by atoms with van der Waals surface area (Å²) in [6.45, 7) is 3.11. The minimum absolute atomic E-state index is 0.00188. The van der Waals surface area contributed by atoms with E-state index in [1.54, 1.807) is 12.1 Å². The molecule has 0 bridgehead atoms. The van der Waals surface area contributed by atoms with E-state index in [4.69, 9.17) is 9.15 Å². The lowest BCUT2D eigenvalue weighted by Crippen LogP contribution is -2.32. The molecule has 2 heterocycles. The first-order chi connectivity index (χ1) is 15.8. The van der Waals surface area contributed by atoms with Gasteiger partial charge in [-0.1, -0.05) is 45.4 Å². The Balaban J connectivity index is 1.59. The first-order valence-corrected chi connectivity index (χ1v) is 13.7. The van der Waals surface area contributed by atoms with Crippen molar-refractivity contribution in [2.45, 2.75) is 40.9 Å². The van der Waals surface area contributed by atoms with Crippen molar-refractivity contribution in [3.63, 3.8) is 0 Å². The monoisotopic (exact) mass is 550 g/mol. The Morgan fingerprint density at radius 3 is 2.58 bits per heavy atom. The topological polar surface area (TPSA) is 98.5 Å². The summed E-state index contributed by atoms with van der Waals surface area (Å²) in [5, 5.41) is 2.72. The molecular weight excluding hydrogens is 528 g/mol. The van der Waals surface area contributed by atoms with Gasteiger partial charge in [0, 0.05) is 23.2 Å². The summed E-state index contributed by atoms with van der Waals surface area (Å²) in [6.07, 6.45) is 1.95. The van der Waals surface area contributed by atoms with Gasteiger partial charge in [0.1, 0.15) is 0 Å². The van der Waals surface area contributed by atoms with E-state index in [9.17, 15) is 13.2 Å². The Kier molecular flexibility index (Phi) is 7.58. The highest BCUT2D eigenvalue weighted by Crippen LogP contribution is 2.35. The molecule has 2 aromatic carbocycles. The van der Waals surface area contributed by atoms with Crippen LogP contribution < -0.4 is 5.32 Å². The lowest BCUT2D eigenvalue weighted by atomic mass is 10.1. The summed E-state index contributed by atoms with van der Waals surface area (Å²) in [4.78, 5) is 16.8. The zero-order valence-electron chi connectivity index (χ0n) is 17.9. The van der Waals surface area contributed by atoms with E-state index >= 15 is 0 Å². The number of benzene rings is 2. The van der Waals surface area contributed by atoms with Gasteiger partial charge in [-0.3, -0.25) is 4.79 Å². The number of nitrogens with one attached hydrogen (secondary N) is 1. The van der Waals surface area contributed by atoms with Crippen LogP contribution in [0.1, 0.15) is 18.4 Å². The highest BCUT2D eigenvalue weighted by Gasteiger charge is 2.29. The summed E-state index contributed by atoms with van der Waals surface area (Å²) in [5.41, 5.74) is 1.72. The van der Waals surface area contributed by atoms with E-state index < -0.39 is 9.84 Å². The molecule has 1 saturated heterocycles. The van der Waals surface area contributed by atoms with Crippen LogP contribution in [0.5, 0.6) is 0 Å². The van der Waals surface area contributed by atoms with Gasteiger partial charge in [0.2, 0.25) is 31.8 Å². The van der Waals surface area contributed by atoms with E-state index in [1.807, 2.05) is 31.2 Å². The largest absolute Gasteiger partial charge is 0.428 e. The minimum atomic E-state index is -3.95. The number of thioether (sulfide) groups is 1. The molecule has 1 fully saturated rings. The number of oxazole rings is 1. The van der Waals surface area contributed by atoms with Crippen LogP contribution in [0.25, 0.3) is 11.5 Å². The molecule has 0 spiro atoms. The number of aromatic nitrogens is 1. The summed E-state index contributed by atoms with van der Waals surface area (Å²) in [7, 11) is -3.95. The predicted octanol–water partition coefficient (Wildman–Crippen LogP) is 4.63. The molecule has 0 saturated carbocycles. The van der Waals surface area contributed by atoms with Gasteiger partial charge in [-0.15, -0.1) is 0 Å². The van der Waals surface area contributed by atoms with E-state index in [1.165, 1.54) is 12.1 Å². The van der Waals surface area contributed by atoms with Crippen molar-refractivity contribution in [1.29, 1.82) is 0 Å². The molecule has 1 amide bonds. The maximum Gasteiger partial charge on any atom is 0.230 e. The van der Waals surface area contributed by atoms with Crippen LogP contribution in [0, 0.1) is 6.92 Å². The number of nitrogens with zero attached hydrogens (tertiary/aromatic N) is 1. The fourth-order valence-corrected chi connectivity index (χ4v) is 5.94. The molecule has 174 valence electrons. The van der Waals surface area contributed by atoms with Crippen molar-refractivity contribution in [2.75, 3.05) is 18.9 Å². The molecule has 4 rings (SSSR count). The third-order valence-corrected chi connectivity index (χ3v) is 8.41. The Morgan fingerprint density at radius 2 is 1.91 bits per heavy atom. The van der Waals surface area contributed by atoms with Gasteiger partial charge < -0.3 is 14.5 Å². The van der Waals surface area contributed by atoms with Crippen LogP contribution in [-0.2, 0) is 19.4 Å². The summed E-state index contributed by atoms with van der Waals surface area (Å²) >= 11 is 4.33. The maximum absolute atomic E-state index is 13.3. The molecule has 1 N–H and O–H groups in total. The number of aryl methyl sites for hydroxylation is 1. The van der Waals surface area contributed by atoms with Gasteiger partial charge in [-0.2, -0.15) is 4.98 Å². The van der Waals surface area contributed by atoms with Crippen molar-refractivity contribution in [1.82, 2.24) is 10.3 Å². The molecule has 1 atom stereocenters. The van der Waals surface area contributed by atoms with Crippen LogP contribution in [0.3, 0.4) is 0 Å². The van der Waals surface area contributed by atoms with Crippen molar-refractivity contribution >= 4 is 43.4 Å². The summed E-state index contributed by atoms with van der Waals surface area (Å²) in [6, 6.07) is 13.7. The zero-order chi connectivity index (χ0) is 23.4. The molecule has 1 unspecified atom stereocenters. The number of ether oxygens (including phenoxy) is 1. The van der Waals surface area contributed by atoms with Crippen molar-refractivity contribution < 1.29 is 22.4 Å². The van der Waals surface area contributed by atoms with Crippen LogP contribution >= 0.6 is 27.7 Å². The predicted molar refractivity (Wildman–Crippen MR) is 129 cm³/mol. The zero-order valence-corrected chi connectivity index (χ0v) is 21.1. The molecule has 1 aromatic heterocycles. The van der Waals surface area contributed by atoms with Gasteiger partial charge >= 0.3 is 0 Å². The second kappa shape index (κ2) is 10.4. The van der Waals surface area contributed by atoms with E-state index in [-0.39, 0.29) is 38.7 Å². The van der Waals surface area contributed by atoms with Gasteiger partial charge in [0.15, 0.2) is 0 Å². The van der Waals surface area contributed by atoms with Crippen molar-refractivity contribution in [2.24, 2.45) is 0 Å². The van der Waals surface area contributed by atoms with Crippen LogP contribution in [0.15, 0.2) is 72.4 Å². The normalized spacial score (nSPS) is 16.1. The SMILES string of the molecule is Cc1ccc(-c2nc(S(=O)(=O)c3ccc(Br)cc3)c(SCC(=O)NCC3CCCO3)o2)cc1. The lowest BCUT2D eigenvalue weighted by molar-refractivity contribution is -0.119. The molecule has 33 heavy (non-hydrogen) atoms. The Bertz CT molecular complexity index is 1220. The number of amides is 1. The third-order valence-electron chi connectivity index (χ3n) is 5.13. The summed E-state index contributed by atoms with van der Waals surface area (Å²) < 4.78 is 38.8. The van der Waals surface area contributed by atoms with Gasteiger partial charge in [0.05, 0.1) is 16.8 Å². The highest BCUT2D eigenvalue weighted by atomic mass is 79.9. The number of sulfone groups is 1. The average molecular weight is 551 g/mol. The van der Waals surface area contributed by atoms with Crippen molar-refractivity contribution in [3.05, 3.63) is 58.6 Å². The first-order valence-electron chi connectivity index (χ1n) is 10.4. The second-order valence-corrected chi connectivity index (χ2v) is 11.4. The fraction of sp³-hybridized carbons (Fsp3) is 0.304. The Morgan fingerprint density at radius 1 is 1.18 bits per heavy atom. The number of carbonyl (C=O) groups is 1. The Labute approximate surface area is 205 Å². The van der Waals surface area contributed by atoms with Crippen LogP contribution in [-0.4, -0.2) is 44.3 Å². The number of hydrogen-bond acceptors (Lipinski definition) is 7. The number of halogens is 1. The van der Waals surface area contributed by atoms with Gasteiger partial charge in [-0.05, 0) is 56.2 Å². The maximum atomic E-state index is 13.3.